The quantitative estimate of drug-likeness (QED) is 0.844. The monoisotopic (exact) mass is 352 g/mol. The Hall–Kier alpha value is -2.15. The summed E-state index contributed by atoms with van der Waals surface area (Å²) >= 11 is 0. The highest BCUT2D eigenvalue weighted by atomic mass is 19.1. The van der Waals surface area contributed by atoms with Gasteiger partial charge < -0.3 is 14.4 Å². The molecule has 0 aromatic heterocycles. The van der Waals surface area contributed by atoms with Crippen LogP contribution in [0.2, 0.25) is 0 Å². The van der Waals surface area contributed by atoms with Gasteiger partial charge in [-0.3, -0.25) is 5.32 Å². The first-order chi connectivity index (χ1) is 11.6. The molecule has 0 radical (unpaired) electrons. The molecule has 2 rings (SSSR count). The fraction of sp³-hybridized carbons (Fsp3) is 0.556. The van der Waals surface area contributed by atoms with Crippen LogP contribution in [0.1, 0.15) is 26.3 Å². The number of benzene rings is 1. The summed E-state index contributed by atoms with van der Waals surface area (Å²) < 4.78 is 23.5. The van der Waals surface area contributed by atoms with Gasteiger partial charge in [0.05, 0.1) is 13.7 Å². The molecule has 1 aromatic carbocycles. The number of carbonyl (C=O) groups is 2. The van der Waals surface area contributed by atoms with E-state index in [1.165, 1.54) is 24.1 Å². The van der Waals surface area contributed by atoms with Crippen molar-refractivity contribution in [3.8, 4) is 0 Å². The van der Waals surface area contributed by atoms with Gasteiger partial charge in [-0.05, 0) is 38.5 Å². The molecule has 0 aliphatic carbocycles. The van der Waals surface area contributed by atoms with Crippen molar-refractivity contribution < 1.29 is 23.5 Å². The second-order valence-corrected chi connectivity index (χ2v) is 7.21. The molecule has 1 aromatic rings. The second-order valence-electron chi connectivity index (χ2n) is 7.21. The summed E-state index contributed by atoms with van der Waals surface area (Å²) in [7, 11) is 1.31. The highest BCUT2D eigenvalue weighted by molar-refractivity contribution is 5.83. The van der Waals surface area contributed by atoms with Gasteiger partial charge in [0.15, 0.2) is 0 Å². The van der Waals surface area contributed by atoms with Crippen LogP contribution in [0.15, 0.2) is 24.3 Å². The Kier molecular flexibility index (Phi) is 5.67. The third-order valence-corrected chi connectivity index (χ3v) is 3.95. The van der Waals surface area contributed by atoms with Crippen molar-refractivity contribution in [2.75, 3.05) is 26.7 Å². The van der Waals surface area contributed by atoms with Crippen LogP contribution in [0.4, 0.5) is 9.18 Å². The van der Waals surface area contributed by atoms with Crippen molar-refractivity contribution in [2.24, 2.45) is 0 Å². The minimum absolute atomic E-state index is 0.117. The normalized spacial score (nSPS) is 20.9. The van der Waals surface area contributed by atoms with Crippen molar-refractivity contribution in [1.82, 2.24) is 10.2 Å². The number of nitrogens with zero attached hydrogens (tertiary/aromatic N) is 1. The number of ether oxygens (including phenoxy) is 2. The number of esters is 1. The maximum Gasteiger partial charge on any atom is 0.410 e. The molecule has 1 aliphatic heterocycles. The van der Waals surface area contributed by atoms with Crippen LogP contribution in [0.3, 0.4) is 0 Å². The van der Waals surface area contributed by atoms with E-state index in [4.69, 9.17) is 9.47 Å². The predicted octanol–water partition coefficient (Wildman–Crippen LogP) is 2.12. The number of hydrogen-bond acceptors (Lipinski definition) is 5. The molecule has 0 bridgehead atoms. The van der Waals surface area contributed by atoms with E-state index in [-0.39, 0.29) is 18.8 Å². The lowest BCUT2D eigenvalue weighted by molar-refractivity contribution is -0.150. The maximum atomic E-state index is 13.1. The van der Waals surface area contributed by atoms with E-state index in [1.54, 1.807) is 32.9 Å². The zero-order valence-corrected chi connectivity index (χ0v) is 15.1. The minimum Gasteiger partial charge on any atom is -0.468 e. The molecule has 7 heteroatoms. The molecule has 1 N–H and O–H groups in total. The Bertz CT molecular complexity index is 627. The van der Waals surface area contributed by atoms with E-state index in [9.17, 15) is 14.0 Å². The third-order valence-electron chi connectivity index (χ3n) is 3.95. The van der Waals surface area contributed by atoms with Crippen molar-refractivity contribution >= 4 is 12.1 Å². The van der Waals surface area contributed by atoms with Crippen molar-refractivity contribution in [2.45, 2.75) is 38.3 Å². The summed E-state index contributed by atoms with van der Waals surface area (Å²) in [6.45, 7) is 6.34. The number of rotatable bonds is 3. The summed E-state index contributed by atoms with van der Waals surface area (Å²) in [6.07, 6.45) is -0.194. The maximum absolute atomic E-state index is 13.1. The first-order valence-corrected chi connectivity index (χ1v) is 8.21. The van der Waals surface area contributed by atoms with Crippen LogP contribution < -0.4 is 5.32 Å². The SMILES string of the molecule is COC(=O)C1(Cc2ccc(F)cc2)CN(C(=O)OC(C)(C)C)CCN1. The largest absolute Gasteiger partial charge is 0.468 e. The minimum atomic E-state index is -1.10. The van der Waals surface area contributed by atoms with Gasteiger partial charge in [-0.1, -0.05) is 12.1 Å². The van der Waals surface area contributed by atoms with Crippen LogP contribution in [-0.2, 0) is 20.7 Å². The molecule has 0 spiro atoms. The van der Waals surface area contributed by atoms with Gasteiger partial charge in [-0.25, -0.2) is 14.0 Å². The average molecular weight is 352 g/mol. The fourth-order valence-electron chi connectivity index (χ4n) is 2.85. The number of nitrogens with one attached hydrogen (secondary N) is 1. The van der Waals surface area contributed by atoms with Crippen molar-refractivity contribution in [1.29, 1.82) is 0 Å². The van der Waals surface area contributed by atoms with E-state index in [2.05, 4.69) is 5.32 Å². The molecule has 25 heavy (non-hydrogen) atoms. The number of hydrogen-bond donors (Lipinski definition) is 1. The van der Waals surface area contributed by atoms with E-state index < -0.39 is 23.2 Å². The Labute approximate surface area is 147 Å². The van der Waals surface area contributed by atoms with Crippen LogP contribution in [-0.4, -0.2) is 54.8 Å². The first kappa shape index (κ1) is 19.2. The number of methoxy groups -OCH3 is 1. The molecule has 1 amide bonds. The zero-order chi connectivity index (χ0) is 18.7. The molecule has 1 fully saturated rings. The summed E-state index contributed by atoms with van der Waals surface area (Å²) in [5.74, 6) is -0.812. The van der Waals surface area contributed by atoms with Gasteiger partial charge in [0.1, 0.15) is 17.0 Å². The molecule has 0 saturated carbocycles. The molecular weight excluding hydrogens is 327 g/mol. The highest BCUT2D eigenvalue weighted by Gasteiger charge is 2.45. The van der Waals surface area contributed by atoms with Gasteiger partial charge >= 0.3 is 12.1 Å². The lowest BCUT2D eigenvalue weighted by Crippen LogP contribution is -2.67. The second kappa shape index (κ2) is 7.39. The van der Waals surface area contributed by atoms with Crippen molar-refractivity contribution in [3.63, 3.8) is 0 Å². The number of amides is 1. The van der Waals surface area contributed by atoms with E-state index >= 15 is 0 Å². The Morgan fingerprint density at radius 1 is 1.28 bits per heavy atom. The first-order valence-electron chi connectivity index (χ1n) is 8.21. The molecule has 6 nitrogen and oxygen atoms in total. The Morgan fingerprint density at radius 3 is 2.48 bits per heavy atom. The number of piperazine rings is 1. The highest BCUT2D eigenvalue weighted by Crippen LogP contribution is 2.22. The zero-order valence-electron chi connectivity index (χ0n) is 15.1. The summed E-state index contributed by atoms with van der Waals surface area (Å²) in [6, 6.07) is 5.92. The predicted molar refractivity (Wildman–Crippen MR) is 90.7 cm³/mol. The van der Waals surface area contributed by atoms with Crippen LogP contribution >= 0.6 is 0 Å². The van der Waals surface area contributed by atoms with E-state index in [0.717, 1.165) is 5.56 Å². The molecule has 138 valence electrons. The van der Waals surface area contributed by atoms with E-state index in [0.29, 0.717) is 13.1 Å². The topological polar surface area (TPSA) is 67.9 Å². The lowest BCUT2D eigenvalue weighted by Gasteiger charge is -2.41. The van der Waals surface area contributed by atoms with Crippen LogP contribution in [0.25, 0.3) is 0 Å². The van der Waals surface area contributed by atoms with Crippen LogP contribution in [0, 0.1) is 5.82 Å². The van der Waals surface area contributed by atoms with Gasteiger partial charge in [-0.2, -0.15) is 0 Å². The average Bonchev–Trinajstić information content (AvgIpc) is 2.55. The molecule has 1 saturated heterocycles. The lowest BCUT2D eigenvalue weighted by atomic mass is 9.88. The molecular formula is C18H25FN2O4. The third kappa shape index (κ3) is 4.92. The number of halogens is 1. The Balaban J connectivity index is 2.22. The Morgan fingerprint density at radius 2 is 1.92 bits per heavy atom. The summed E-state index contributed by atoms with van der Waals surface area (Å²) in [5, 5.41) is 3.18. The van der Waals surface area contributed by atoms with Crippen molar-refractivity contribution in [3.05, 3.63) is 35.6 Å². The number of carbonyl (C=O) groups excluding carboxylic acids is 2. The molecule has 1 atom stereocenters. The van der Waals surface area contributed by atoms with Gasteiger partial charge in [-0.15, -0.1) is 0 Å². The van der Waals surface area contributed by atoms with Gasteiger partial charge in [0.2, 0.25) is 0 Å². The standard InChI is InChI=1S/C18H25FN2O4/c1-17(2,3)25-16(23)21-10-9-20-18(12-21,15(22)24-4)11-13-5-7-14(19)8-6-13/h5-8,20H,9-12H2,1-4H3. The summed E-state index contributed by atoms with van der Waals surface area (Å²) in [4.78, 5) is 26.4. The van der Waals surface area contributed by atoms with Crippen LogP contribution in [0.5, 0.6) is 0 Å². The fourth-order valence-corrected chi connectivity index (χ4v) is 2.85. The van der Waals surface area contributed by atoms with Gasteiger partial charge in [0.25, 0.3) is 0 Å². The smallest absolute Gasteiger partial charge is 0.410 e. The molecule has 1 unspecified atom stereocenters. The summed E-state index contributed by atoms with van der Waals surface area (Å²) in [5.41, 5.74) is -0.945. The molecule has 1 aliphatic rings. The molecule has 1 heterocycles. The van der Waals surface area contributed by atoms with Gasteiger partial charge in [0, 0.05) is 19.5 Å². The van der Waals surface area contributed by atoms with E-state index in [1.807, 2.05) is 0 Å².